The summed E-state index contributed by atoms with van der Waals surface area (Å²) in [6.45, 7) is 3.19. The van der Waals surface area contributed by atoms with Crippen LogP contribution in [-0.4, -0.2) is 46.5 Å². The molecule has 0 radical (unpaired) electrons. The number of hydrogen-bond acceptors (Lipinski definition) is 3. The lowest BCUT2D eigenvalue weighted by Crippen LogP contribution is -2.35. The Morgan fingerprint density at radius 3 is 2.44 bits per heavy atom. The summed E-state index contributed by atoms with van der Waals surface area (Å²) < 4.78 is 2.15. The molecule has 0 bridgehead atoms. The smallest absolute Gasteiger partial charge is 0.256 e. The summed E-state index contributed by atoms with van der Waals surface area (Å²) in [6.07, 6.45) is 4.63. The van der Waals surface area contributed by atoms with Crippen molar-refractivity contribution in [1.29, 1.82) is 0 Å². The molecule has 5 nitrogen and oxygen atoms in total. The lowest BCUT2D eigenvalue weighted by molar-refractivity contribution is 0.0769. The Bertz CT molecular complexity index is 1210. The maximum absolute atomic E-state index is 13.9. The third kappa shape index (κ3) is 3.96. The Balaban J connectivity index is 0.00000245. The second kappa shape index (κ2) is 9.45. The van der Waals surface area contributed by atoms with Crippen LogP contribution in [0.25, 0.3) is 22.2 Å². The Morgan fingerprint density at radius 2 is 1.66 bits per heavy atom. The van der Waals surface area contributed by atoms with Gasteiger partial charge in [-0.25, -0.2) is 0 Å². The maximum atomic E-state index is 13.9. The molecular formula is C26H27ClN4O. The molecule has 1 aliphatic heterocycles. The number of nitrogens with zero attached hydrogens (tertiary/aromatic N) is 4. The first-order valence-electron chi connectivity index (χ1n) is 10.8. The predicted molar refractivity (Wildman–Crippen MR) is 133 cm³/mol. The summed E-state index contributed by atoms with van der Waals surface area (Å²) in [5, 5.41) is 1.02. The molecule has 0 saturated carbocycles. The molecule has 0 unspecified atom stereocenters. The highest BCUT2D eigenvalue weighted by molar-refractivity contribution is 6.12. The van der Waals surface area contributed by atoms with Gasteiger partial charge in [0.05, 0.1) is 23.1 Å². The first-order chi connectivity index (χ1) is 15.2. The van der Waals surface area contributed by atoms with Gasteiger partial charge in [-0.05, 0) is 30.2 Å². The number of pyridine rings is 1. The number of fused-ring (bicyclic) bond motifs is 1. The zero-order valence-electron chi connectivity index (χ0n) is 18.1. The number of aromatic nitrogens is 2. The number of anilines is 1. The highest BCUT2D eigenvalue weighted by atomic mass is 35.5. The zero-order chi connectivity index (χ0) is 21.2. The van der Waals surface area contributed by atoms with Crippen LogP contribution in [0.5, 0.6) is 0 Å². The van der Waals surface area contributed by atoms with Gasteiger partial charge in [0.25, 0.3) is 5.91 Å². The number of halogens is 1. The van der Waals surface area contributed by atoms with Crippen molar-refractivity contribution in [3.8, 4) is 11.3 Å². The first-order valence-corrected chi connectivity index (χ1v) is 10.8. The number of amides is 1. The number of para-hydroxylation sites is 1. The fourth-order valence-electron chi connectivity index (χ4n) is 4.62. The molecule has 164 valence electrons. The minimum absolute atomic E-state index is 0. The summed E-state index contributed by atoms with van der Waals surface area (Å²) in [7, 11) is 2.05. The van der Waals surface area contributed by atoms with E-state index in [9.17, 15) is 4.79 Å². The number of benzene rings is 2. The Labute approximate surface area is 194 Å². The number of carbonyl (C=O) groups excluding carboxylic acids is 1. The molecule has 0 spiro atoms. The minimum Gasteiger partial charge on any atom is -0.368 e. The minimum atomic E-state index is 0. The molecule has 1 amide bonds. The first kappa shape index (κ1) is 21.9. The van der Waals surface area contributed by atoms with Gasteiger partial charge >= 0.3 is 0 Å². The summed E-state index contributed by atoms with van der Waals surface area (Å²) in [6, 6.07) is 22.5. The van der Waals surface area contributed by atoms with E-state index in [1.54, 1.807) is 6.20 Å². The molecule has 2 aromatic carbocycles. The average Bonchev–Trinajstić information content (AvgIpc) is 2.96. The van der Waals surface area contributed by atoms with Crippen molar-refractivity contribution < 1.29 is 4.79 Å². The van der Waals surface area contributed by atoms with Crippen LogP contribution in [0.1, 0.15) is 16.8 Å². The van der Waals surface area contributed by atoms with Gasteiger partial charge in [-0.2, -0.15) is 0 Å². The fourth-order valence-corrected chi connectivity index (χ4v) is 4.62. The molecule has 3 heterocycles. The standard InChI is InChI=1S/C26H26N4O.ClH/c1-28-23-13-6-5-12-22(23)24(25(28)20-9-3-2-4-10-20)26(31)30-16-8-15-29(17-18-30)21-11-7-14-27-19-21;/h2-7,9-14,19H,8,15-18H2,1H3;1H. The van der Waals surface area contributed by atoms with E-state index in [1.165, 1.54) is 0 Å². The van der Waals surface area contributed by atoms with E-state index in [2.05, 4.69) is 44.8 Å². The second-order valence-corrected chi connectivity index (χ2v) is 8.01. The Hall–Kier alpha value is -3.31. The second-order valence-electron chi connectivity index (χ2n) is 8.01. The van der Waals surface area contributed by atoms with Crippen molar-refractivity contribution in [1.82, 2.24) is 14.5 Å². The van der Waals surface area contributed by atoms with Crippen LogP contribution in [0.15, 0.2) is 79.1 Å². The third-order valence-electron chi connectivity index (χ3n) is 6.16. The molecule has 0 aliphatic carbocycles. The number of hydrogen-bond donors (Lipinski definition) is 0. The van der Waals surface area contributed by atoms with Crippen LogP contribution in [0.3, 0.4) is 0 Å². The van der Waals surface area contributed by atoms with Crippen LogP contribution in [0, 0.1) is 0 Å². The molecule has 1 saturated heterocycles. The highest BCUT2D eigenvalue weighted by Crippen LogP contribution is 2.34. The monoisotopic (exact) mass is 446 g/mol. The van der Waals surface area contributed by atoms with Gasteiger partial charge in [-0.1, -0.05) is 48.5 Å². The van der Waals surface area contributed by atoms with Gasteiger partial charge in [-0.15, -0.1) is 12.4 Å². The summed E-state index contributed by atoms with van der Waals surface area (Å²) >= 11 is 0. The molecule has 5 rings (SSSR count). The van der Waals surface area contributed by atoms with E-state index >= 15 is 0 Å². The Kier molecular flexibility index (Phi) is 6.47. The zero-order valence-corrected chi connectivity index (χ0v) is 19.0. The van der Waals surface area contributed by atoms with E-state index in [0.717, 1.165) is 59.5 Å². The van der Waals surface area contributed by atoms with Crippen LogP contribution in [0.4, 0.5) is 5.69 Å². The van der Waals surface area contributed by atoms with Gasteiger partial charge in [-0.3, -0.25) is 9.78 Å². The lowest BCUT2D eigenvalue weighted by atomic mass is 10.0. The van der Waals surface area contributed by atoms with Gasteiger partial charge in [0.1, 0.15) is 0 Å². The molecule has 4 aromatic rings. The van der Waals surface area contributed by atoms with Gasteiger partial charge in [0.15, 0.2) is 0 Å². The van der Waals surface area contributed by atoms with Crippen molar-refractivity contribution in [3.05, 3.63) is 84.7 Å². The molecule has 0 atom stereocenters. The van der Waals surface area contributed by atoms with Gasteiger partial charge < -0.3 is 14.4 Å². The Morgan fingerprint density at radius 1 is 0.875 bits per heavy atom. The maximum Gasteiger partial charge on any atom is 0.256 e. The molecule has 6 heteroatoms. The molecular weight excluding hydrogens is 420 g/mol. The van der Waals surface area contributed by atoms with E-state index in [-0.39, 0.29) is 18.3 Å². The van der Waals surface area contributed by atoms with Crippen molar-refractivity contribution >= 4 is 34.9 Å². The van der Waals surface area contributed by atoms with E-state index < -0.39 is 0 Å². The van der Waals surface area contributed by atoms with Gasteiger partial charge in [0.2, 0.25) is 0 Å². The largest absolute Gasteiger partial charge is 0.368 e. The average molecular weight is 447 g/mol. The van der Waals surface area contributed by atoms with Crippen LogP contribution < -0.4 is 4.90 Å². The molecule has 1 fully saturated rings. The van der Waals surface area contributed by atoms with Crippen LogP contribution >= 0.6 is 12.4 Å². The van der Waals surface area contributed by atoms with Crippen molar-refractivity contribution in [2.75, 3.05) is 31.1 Å². The van der Waals surface area contributed by atoms with E-state index in [0.29, 0.717) is 6.54 Å². The highest BCUT2D eigenvalue weighted by Gasteiger charge is 2.27. The van der Waals surface area contributed by atoms with E-state index in [1.807, 2.05) is 54.5 Å². The summed E-state index contributed by atoms with van der Waals surface area (Å²) in [5.41, 5.74) is 5.05. The predicted octanol–water partition coefficient (Wildman–Crippen LogP) is 5.01. The van der Waals surface area contributed by atoms with Crippen LogP contribution in [0.2, 0.25) is 0 Å². The fraction of sp³-hybridized carbons (Fsp3) is 0.231. The molecule has 2 aromatic heterocycles. The normalized spacial score (nSPS) is 14.2. The number of carbonyl (C=O) groups is 1. The quantitative estimate of drug-likeness (QED) is 0.444. The molecule has 0 N–H and O–H groups in total. The number of rotatable bonds is 3. The summed E-state index contributed by atoms with van der Waals surface area (Å²) in [5.74, 6) is 0.115. The van der Waals surface area contributed by atoms with Crippen molar-refractivity contribution in [3.63, 3.8) is 0 Å². The van der Waals surface area contributed by atoms with Crippen molar-refractivity contribution in [2.45, 2.75) is 6.42 Å². The third-order valence-corrected chi connectivity index (χ3v) is 6.16. The SMILES string of the molecule is Cl.Cn1c(-c2ccccc2)c(C(=O)N2CCCN(c3cccnc3)CC2)c2ccccc21. The molecule has 1 aliphatic rings. The number of aryl methyl sites for hydroxylation is 1. The molecule has 32 heavy (non-hydrogen) atoms. The summed E-state index contributed by atoms with van der Waals surface area (Å²) in [4.78, 5) is 22.5. The lowest BCUT2D eigenvalue weighted by Gasteiger charge is -2.23. The van der Waals surface area contributed by atoms with Crippen LogP contribution in [-0.2, 0) is 7.05 Å². The van der Waals surface area contributed by atoms with Crippen molar-refractivity contribution in [2.24, 2.45) is 7.05 Å². The van der Waals surface area contributed by atoms with E-state index in [4.69, 9.17) is 0 Å². The topological polar surface area (TPSA) is 41.4 Å². The van der Waals surface area contributed by atoms with Gasteiger partial charge in [0, 0.05) is 50.3 Å².